The number of anilines is 2. The van der Waals surface area contributed by atoms with Crippen molar-refractivity contribution < 1.29 is 8.42 Å². The first-order valence-electron chi connectivity index (χ1n) is 5.20. The van der Waals surface area contributed by atoms with E-state index >= 15 is 0 Å². The zero-order chi connectivity index (χ0) is 11.6. The van der Waals surface area contributed by atoms with Gasteiger partial charge in [0.15, 0.2) is 0 Å². The van der Waals surface area contributed by atoms with Crippen molar-refractivity contribution in [2.75, 3.05) is 10.0 Å². The molecule has 0 amide bonds. The topological polar surface area (TPSA) is 84.2 Å². The van der Waals surface area contributed by atoms with Crippen LogP contribution in [0.25, 0.3) is 0 Å². The van der Waals surface area contributed by atoms with Crippen LogP contribution in [0.3, 0.4) is 0 Å². The van der Waals surface area contributed by atoms with Gasteiger partial charge in [-0.05, 0) is 37.5 Å². The molecule has 0 heterocycles. The Balaban J connectivity index is 2.06. The maximum atomic E-state index is 10.8. The summed E-state index contributed by atoms with van der Waals surface area (Å²) in [5, 5.41) is 8.23. The smallest absolute Gasteiger partial charge is 0.296 e. The molecule has 1 aliphatic carbocycles. The lowest BCUT2D eigenvalue weighted by atomic mass is 9.93. The van der Waals surface area contributed by atoms with Crippen molar-refractivity contribution in [1.82, 2.24) is 0 Å². The summed E-state index contributed by atoms with van der Waals surface area (Å²) in [5.41, 5.74) is 1.39. The highest BCUT2D eigenvalue weighted by atomic mass is 32.2. The molecule has 0 saturated heterocycles. The quantitative estimate of drug-likeness (QED) is 0.742. The van der Waals surface area contributed by atoms with E-state index in [-0.39, 0.29) is 0 Å². The lowest BCUT2D eigenvalue weighted by Crippen LogP contribution is -2.27. The molecule has 6 heteroatoms. The molecule has 0 atom stereocenters. The molecule has 0 spiro atoms. The molecule has 0 unspecified atom stereocenters. The molecule has 5 nitrogen and oxygen atoms in total. The van der Waals surface area contributed by atoms with E-state index in [0.29, 0.717) is 11.7 Å². The third-order valence-electron chi connectivity index (χ3n) is 2.60. The van der Waals surface area contributed by atoms with Gasteiger partial charge in [0.1, 0.15) is 0 Å². The Hall–Kier alpha value is -1.27. The van der Waals surface area contributed by atoms with Gasteiger partial charge in [0.05, 0.1) is 5.69 Å². The molecule has 16 heavy (non-hydrogen) atoms. The second-order valence-corrected chi connectivity index (χ2v) is 5.29. The first-order chi connectivity index (χ1) is 7.53. The van der Waals surface area contributed by atoms with Crippen molar-refractivity contribution in [3.05, 3.63) is 24.3 Å². The van der Waals surface area contributed by atoms with Crippen LogP contribution in [0, 0.1) is 0 Å². The van der Waals surface area contributed by atoms with Gasteiger partial charge in [0, 0.05) is 11.7 Å². The standard InChI is InChI=1S/C10H15N3O2S/c11-16(14,15)13-10-6-2-5-9(7-10)12-8-3-1-4-8/h2,5-8,12-13H,1,3-4H2,(H2,11,14,15). The third-order valence-corrected chi connectivity index (χ3v) is 3.12. The molecule has 1 aliphatic rings. The number of rotatable bonds is 4. The van der Waals surface area contributed by atoms with Crippen molar-refractivity contribution in [1.29, 1.82) is 0 Å². The van der Waals surface area contributed by atoms with Gasteiger partial charge >= 0.3 is 0 Å². The van der Waals surface area contributed by atoms with Crippen LogP contribution < -0.4 is 15.2 Å². The summed E-state index contributed by atoms with van der Waals surface area (Å²) in [4.78, 5) is 0. The average molecular weight is 241 g/mol. The third kappa shape index (κ3) is 3.11. The Morgan fingerprint density at radius 2 is 1.94 bits per heavy atom. The molecule has 1 saturated carbocycles. The first kappa shape index (κ1) is 11.2. The minimum Gasteiger partial charge on any atom is -0.382 e. The summed E-state index contributed by atoms with van der Waals surface area (Å²) in [7, 11) is -3.69. The molecule has 1 fully saturated rings. The van der Waals surface area contributed by atoms with Gasteiger partial charge in [0.25, 0.3) is 10.2 Å². The number of nitrogens with two attached hydrogens (primary N) is 1. The number of hydrogen-bond donors (Lipinski definition) is 3. The van der Waals surface area contributed by atoms with Crippen LogP contribution in [-0.2, 0) is 10.2 Å². The fraction of sp³-hybridized carbons (Fsp3) is 0.400. The zero-order valence-corrected chi connectivity index (χ0v) is 9.63. The van der Waals surface area contributed by atoms with E-state index in [2.05, 4.69) is 10.0 Å². The van der Waals surface area contributed by atoms with E-state index < -0.39 is 10.2 Å². The van der Waals surface area contributed by atoms with E-state index in [1.165, 1.54) is 19.3 Å². The van der Waals surface area contributed by atoms with Gasteiger partial charge in [-0.3, -0.25) is 4.72 Å². The summed E-state index contributed by atoms with van der Waals surface area (Å²) in [5.74, 6) is 0. The van der Waals surface area contributed by atoms with Gasteiger partial charge < -0.3 is 5.32 Å². The van der Waals surface area contributed by atoms with Gasteiger partial charge in [-0.15, -0.1) is 0 Å². The SMILES string of the molecule is NS(=O)(=O)Nc1cccc(NC2CCC2)c1. The van der Waals surface area contributed by atoms with Crippen molar-refractivity contribution >= 4 is 21.6 Å². The lowest BCUT2D eigenvalue weighted by molar-refractivity contribution is 0.445. The Morgan fingerprint density at radius 3 is 2.50 bits per heavy atom. The van der Waals surface area contributed by atoms with E-state index in [0.717, 1.165) is 5.69 Å². The molecule has 4 N–H and O–H groups in total. The van der Waals surface area contributed by atoms with Crippen LogP contribution in [0.4, 0.5) is 11.4 Å². The predicted molar refractivity (Wildman–Crippen MR) is 64.4 cm³/mol. The number of hydrogen-bond acceptors (Lipinski definition) is 3. The normalized spacial score (nSPS) is 16.6. The zero-order valence-electron chi connectivity index (χ0n) is 8.81. The molecule has 88 valence electrons. The maximum Gasteiger partial charge on any atom is 0.296 e. The fourth-order valence-electron chi connectivity index (χ4n) is 1.63. The summed E-state index contributed by atoms with van der Waals surface area (Å²) >= 11 is 0. The van der Waals surface area contributed by atoms with Gasteiger partial charge in [-0.25, -0.2) is 5.14 Å². The molecule has 0 aliphatic heterocycles. The Bertz CT molecular complexity index is 469. The fourth-order valence-corrected chi connectivity index (χ4v) is 2.08. The van der Waals surface area contributed by atoms with E-state index in [9.17, 15) is 8.42 Å². The molecule has 0 bridgehead atoms. The van der Waals surface area contributed by atoms with E-state index in [1.54, 1.807) is 18.2 Å². The first-order valence-corrected chi connectivity index (χ1v) is 6.75. The van der Waals surface area contributed by atoms with Crippen LogP contribution in [0.5, 0.6) is 0 Å². The molecule has 1 aromatic rings. The highest BCUT2D eigenvalue weighted by Crippen LogP contribution is 2.24. The van der Waals surface area contributed by atoms with E-state index in [4.69, 9.17) is 5.14 Å². The van der Waals surface area contributed by atoms with Crippen molar-refractivity contribution in [3.8, 4) is 0 Å². The van der Waals surface area contributed by atoms with Crippen LogP contribution in [0.2, 0.25) is 0 Å². The lowest BCUT2D eigenvalue weighted by Gasteiger charge is -2.27. The second kappa shape index (κ2) is 4.31. The minimum absolute atomic E-state index is 0.479. The summed E-state index contributed by atoms with van der Waals surface area (Å²) in [6.45, 7) is 0. The van der Waals surface area contributed by atoms with Crippen molar-refractivity contribution in [2.24, 2.45) is 5.14 Å². The molecule has 1 aromatic carbocycles. The average Bonchev–Trinajstić information content (AvgIpc) is 2.09. The monoisotopic (exact) mass is 241 g/mol. The number of nitrogens with one attached hydrogen (secondary N) is 2. The largest absolute Gasteiger partial charge is 0.382 e. The van der Waals surface area contributed by atoms with Crippen LogP contribution in [0.1, 0.15) is 19.3 Å². The molecular weight excluding hydrogens is 226 g/mol. The van der Waals surface area contributed by atoms with E-state index in [1.807, 2.05) is 6.07 Å². The Morgan fingerprint density at radius 1 is 1.25 bits per heavy atom. The minimum atomic E-state index is -3.69. The van der Waals surface area contributed by atoms with Crippen molar-refractivity contribution in [2.45, 2.75) is 25.3 Å². The summed E-state index contributed by atoms with van der Waals surface area (Å²) < 4.78 is 23.9. The summed E-state index contributed by atoms with van der Waals surface area (Å²) in [6.07, 6.45) is 3.60. The highest BCUT2D eigenvalue weighted by molar-refractivity contribution is 7.90. The Kier molecular flexibility index (Phi) is 3.02. The predicted octanol–water partition coefficient (Wildman–Crippen LogP) is 1.27. The van der Waals surface area contributed by atoms with Crippen LogP contribution in [0.15, 0.2) is 24.3 Å². The van der Waals surface area contributed by atoms with Crippen molar-refractivity contribution in [3.63, 3.8) is 0 Å². The second-order valence-electron chi connectivity index (χ2n) is 4.00. The molecular formula is C10H15N3O2S. The molecule has 0 radical (unpaired) electrons. The highest BCUT2D eigenvalue weighted by Gasteiger charge is 2.16. The van der Waals surface area contributed by atoms with Crippen LogP contribution >= 0.6 is 0 Å². The van der Waals surface area contributed by atoms with Gasteiger partial charge in [-0.2, -0.15) is 8.42 Å². The molecule has 0 aromatic heterocycles. The van der Waals surface area contributed by atoms with Gasteiger partial charge in [-0.1, -0.05) is 6.07 Å². The van der Waals surface area contributed by atoms with Crippen LogP contribution in [-0.4, -0.2) is 14.5 Å². The summed E-state index contributed by atoms with van der Waals surface area (Å²) in [6, 6.07) is 7.62. The Labute approximate surface area is 95.2 Å². The number of benzene rings is 1. The maximum absolute atomic E-state index is 10.8. The van der Waals surface area contributed by atoms with Gasteiger partial charge in [0.2, 0.25) is 0 Å². The molecule has 2 rings (SSSR count).